The minimum Gasteiger partial charge on any atom is -0.382 e. The van der Waals surface area contributed by atoms with Crippen LogP contribution in [-0.2, 0) is 0 Å². The van der Waals surface area contributed by atoms with Crippen molar-refractivity contribution in [1.82, 2.24) is 4.90 Å². The Morgan fingerprint density at radius 1 is 1.40 bits per heavy atom. The highest BCUT2D eigenvalue weighted by molar-refractivity contribution is 5.55. The SMILES string of the molecule is Cc1ccc(NC(C)C2CCN(C)CC2)cc1[N+](=O)[O-]. The summed E-state index contributed by atoms with van der Waals surface area (Å²) in [5.41, 5.74) is 1.73. The maximum atomic E-state index is 11.0. The van der Waals surface area contributed by atoms with Gasteiger partial charge in [0.05, 0.1) is 4.92 Å². The Labute approximate surface area is 120 Å². The first-order valence-electron chi connectivity index (χ1n) is 7.17. The van der Waals surface area contributed by atoms with E-state index in [1.165, 1.54) is 12.8 Å². The van der Waals surface area contributed by atoms with Gasteiger partial charge in [-0.1, -0.05) is 6.07 Å². The maximum absolute atomic E-state index is 11.0. The number of nitrogens with one attached hydrogen (secondary N) is 1. The third-order valence-electron chi connectivity index (χ3n) is 4.27. The lowest BCUT2D eigenvalue weighted by Gasteiger charge is -2.33. The Balaban J connectivity index is 2.02. The van der Waals surface area contributed by atoms with Crippen molar-refractivity contribution in [3.63, 3.8) is 0 Å². The van der Waals surface area contributed by atoms with Crippen molar-refractivity contribution >= 4 is 11.4 Å². The van der Waals surface area contributed by atoms with Gasteiger partial charge in [0.15, 0.2) is 0 Å². The first-order valence-corrected chi connectivity index (χ1v) is 7.17. The lowest BCUT2D eigenvalue weighted by atomic mass is 9.90. The molecule has 20 heavy (non-hydrogen) atoms. The van der Waals surface area contributed by atoms with Crippen LogP contribution in [0.15, 0.2) is 18.2 Å². The summed E-state index contributed by atoms with van der Waals surface area (Å²) in [6, 6.07) is 5.71. The standard InChI is InChI=1S/C15H23N3O2/c1-11-4-5-14(10-15(11)18(19)20)16-12(2)13-6-8-17(3)9-7-13/h4-5,10,12-13,16H,6-9H2,1-3H3. The summed E-state index contributed by atoms with van der Waals surface area (Å²) in [6.45, 7) is 6.19. The van der Waals surface area contributed by atoms with E-state index in [4.69, 9.17) is 0 Å². The maximum Gasteiger partial charge on any atom is 0.274 e. The number of aryl methyl sites for hydroxylation is 1. The van der Waals surface area contributed by atoms with Gasteiger partial charge >= 0.3 is 0 Å². The fraction of sp³-hybridized carbons (Fsp3) is 0.600. The monoisotopic (exact) mass is 277 g/mol. The third-order valence-corrected chi connectivity index (χ3v) is 4.27. The van der Waals surface area contributed by atoms with E-state index in [2.05, 4.69) is 24.2 Å². The summed E-state index contributed by atoms with van der Waals surface area (Å²) < 4.78 is 0. The fourth-order valence-electron chi connectivity index (χ4n) is 2.81. The van der Waals surface area contributed by atoms with Crippen LogP contribution in [0.25, 0.3) is 0 Å². The molecule has 5 heteroatoms. The zero-order valence-corrected chi connectivity index (χ0v) is 12.4. The Morgan fingerprint density at radius 2 is 2.05 bits per heavy atom. The number of likely N-dealkylation sites (tertiary alicyclic amines) is 1. The fourth-order valence-corrected chi connectivity index (χ4v) is 2.81. The van der Waals surface area contributed by atoms with Crippen molar-refractivity contribution in [1.29, 1.82) is 0 Å². The average molecular weight is 277 g/mol. The third kappa shape index (κ3) is 3.48. The molecule has 1 aromatic rings. The van der Waals surface area contributed by atoms with Crippen LogP contribution in [0, 0.1) is 23.0 Å². The van der Waals surface area contributed by atoms with Crippen LogP contribution in [0.4, 0.5) is 11.4 Å². The van der Waals surface area contributed by atoms with Crippen LogP contribution in [0.2, 0.25) is 0 Å². The molecule has 0 radical (unpaired) electrons. The van der Waals surface area contributed by atoms with Gasteiger partial charge in [0, 0.05) is 23.4 Å². The van der Waals surface area contributed by atoms with E-state index in [1.54, 1.807) is 13.0 Å². The van der Waals surface area contributed by atoms with Crippen LogP contribution in [-0.4, -0.2) is 36.0 Å². The summed E-state index contributed by atoms with van der Waals surface area (Å²) in [7, 11) is 2.15. The highest BCUT2D eigenvalue weighted by Crippen LogP contribution is 2.26. The molecule has 0 aliphatic carbocycles. The molecule has 2 rings (SSSR count). The van der Waals surface area contributed by atoms with Gasteiger partial charge in [0.1, 0.15) is 0 Å². The van der Waals surface area contributed by atoms with E-state index < -0.39 is 0 Å². The Hall–Kier alpha value is -1.62. The average Bonchev–Trinajstić information content (AvgIpc) is 2.41. The minimum atomic E-state index is -0.319. The molecule has 1 fully saturated rings. The highest BCUT2D eigenvalue weighted by atomic mass is 16.6. The number of nitrogens with zero attached hydrogens (tertiary/aromatic N) is 2. The van der Waals surface area contributed by atoms with E-state index in [0.717, 1.165) is 18.8 Å². The van der Waals surface area contributed by atoms with Crippen molar-refractivity contribution in [2.45, 2.75) is 32.7 Å². The second-order valence-corrected chi connectivity index (χ2v) is 5.83. The van der Waals surface area contributed by atoms with E-state index in [9.17, 15) is 10.1 Å². The number of piperidine rings is 1. The van der Waals surface area contributed by atoms with Crippen molar-refractivity contribution in [3.8, 4) is 0 Å². The number of benzene rings is 1. The van der Waals surface area contributed by atoms with Crippen molar-refractivity contribution in [2.75, 3.05) is 25.5 Å². The van der Waals surface area contributed by atoms with Crippen LogP contribution < -0.4 is 5.32 Å². The summed E-state index contributed by atoms with van der Waals surface area (Å²) >= 11 is 0. The van der Waals surface area contributed by atoms with Gasteiger partial charge in [-0.2, -0.15) is 0 Å². The summed E-state index contributed by atoms with van der Waals surface area (Å²) in [4.78, 5) is 13.0. The first-order chi connectivity index (χ1) is 9.47. The van der Waals surface area contributed by atoms with Crippen molar-refractivity contribution in [3.05, 3.63) is 33.9 Å². The molecule has 5 nitrogen and oxygen atoms in total. The summed E-state index contributed by atoms with van der Waals surface area (Å²) in [6.07, 6.45) is 2.36. The largest absolute Gasteiger partial charge is 0.382 e. The number of nitro groups is 1. The second kappa shape index (κ2) is 6.22. The van der Waals surface area contributed by atoms with E-state index >= 15 is 0 Å². The molecule has 1 atom stereocenters. The number of nitro benzene ring substituents is 1. The van der Waals surface area contributed by atoms with E-state index in [0.29, 0.717) is 17.5 Å². The number of hydrogen-bond acceptors (Lipinski definition) is 4. The molecule has 110 valence electrons. The van der Waals surface area contributed by atoms with Gasteiger partial charge in [-0.3, -0.25) is 10.1 Å². The van der Waals surface area contributed by atoms with Crippen LogP contribution >= 0.6 is 0 Å². The topological polar surface area (TPSA) is 58.4 Å². The Morgan fingerprint density at radius 3 is 2.65 bits per heavy atom. The van der Waals surface area contributed by atoms with Crippen LogP contribution in [0.3, 0.4) is 0 Å². The van der Waals surface area contributed by atoms with E-state index in [1.807, 2.05) is 12.1 Å². The van der Waals surface area contributed by atoms with E-state index in [-0.39, 0.29) is 10.6 Å². The second-order valence-electron chi connectivity index (χ2n) is 5.83. The van der Waals surface area contributed by atoms with Gasteiger partial charge in [-0.15, -0.1) is 0 Å². The number of rotatable bonds is 4. The molecule has 0 amide bonds. The van der Waals surface area contributed by atoms with Crippen LogP contribution in [0.1, 0.15) is 25.3 Å². The van der Waals surface area contributed by atoms with Crippen molar-refractivity contribution < 1.29 is 4.92 Å². The predicted octanol–water partition coefficient (Wildman–Crippen LogP) is 3.05. The lowest BCUT2D eigenvalue weighted by Crippen LogP contribution is -2.37. The number of hydrogen-bond donors (Lipinski definition) is 1. The molecule has 0 spiro atoms. The Bertz CT molecular complexity index is 482. The zero-order chi connectivity index (χ0) is 14.7. The quantitative estimate of drug-likeness (QED) is 0.679. The van der Waals surface area contributed by atoms with Gasteiger partial charge in [0.2, 0.25) is 0 Å². The molecule has 1 heterocycles. The van der Waals surface area contributed by atoms with Gasteiger partial charge in [0.25, 0.3) is 5.69 Å². The Kier molecular flexibility index (Phi) is 4.60. The summed E-state index contributed by atoms with van der Waals surface area (Å²) in [5, 5.41) is 14.4. The lowest BCUT2D eigenvalue weighted by molar-refractivity contribution is -0.385. The molecule has 0 saturated carbocycles. The first kappa shape index (κ1) is 14.8. The summed E-state index contributed by atoms with van der Waals surface area (Å²) in [5.74, 6) is 0.631. The van der Waals surface area contributed by atoms with Gasteiger partial charge < -0.3 is 10.2 Å². The zero-order valence-electron chi connectivity index (χ0n) is 12.4. The van der Waals surface area contributed by atoms with Gasteiger partial charge in [-0.25, -0.2) is 0 Å². The molecule has 1 unspecified atom stereocenters. The number of anilines is 1. The van der Waals surface area contributed by atoms with Crippen molar-refractivity contribution in [2.24, 2.45) is 5.92 Å². The molecule has 1 N–H and O–H groups in total. The molecular weight excluding hydrogens is 254 g/mol. The molecule has 0 aromatic heterocycles. The molecule has 1 aliphatic rings. The molecular formula is C15H23N3O2. The molecule has 1 aromatic carbocycles. The normalized spacial score (nSPS) is 18.8. The predicted molar refractivity (Wildman–Crippen MR) is 81.1 cm³/mol. The van der Waals surface area contributed by atoms with Crippen LogP contribution in [0.5, 0.6) is 0 Å². The smallest absolute Gasteiger partial charge is 0.274 e. The van der Waals surface area contributed by atoms with Gasteiger partial charge in [-0.05, 0) is 58.8 Å². The highest BCUT2D eigenvalue weighted by Gasteiger charge is 2.22. The molecule has 0 bridgehead atoms. The molecule has 1 aliphatic heterocycles. The minimum absolute atomic E-state index is 0.186. The molecule has 1 saturated heterocycles.